The van der Waals surface area contributed by atoms with Crippen molar-refractivity contribution in [1.82, 2.24) is 4.98 Å². The molecule has 6 rings (SSSR count). The van der Waals surface area contributed by atoms with Gasteiger partial charge in [-0.1, -0.05) is 124 Å². The molecule has 55 heavy (non-hydrogen) atoms. The number of aromatic nitrogens is 1. The summed E-state index contributed by atoms with van der Waals surface area (Å²) >= 11 is 1.83. The Morgan fingerprint density at radius 2 is 1.55 bits per heavy atom. The van der Waals surface area contributed by atoms with Crippen LogP contribution in [0, 0.1) is 29.7 Å². The predicted octanol–water partition coefficient (Wildman–Crippen LogP) is 14.8. The fraction of sp³-hybridized carbons (Fsp3) is 0.429. The summed E-state index contributed by atoms with van der Waals surface area (Å²) in [5.41, 5.74) is 8.05. The second-order valence-corrected chi connectivity index (χ2v) is 17.9. The van der Waals surface area contributed by atoms with Crippen LogP contribution < -0.4 is 0 Å². The quantitative estimate of drug-likeness (QED) is 0.0799. The van der Waals surface area contributed by atoms with E-state index in [1.807, 2.05) is 65.9 Å². The van der Waals surface area contributed by atoms with E-state index in [-0.39, 0.29) is 47.9 Å². The molecule has 0 amide bonds. The SMILES string of the molecule is CCC(C)(CC)C(=O)/C=C(\O)C(C)(CC)CC.Cc1cc2nc(-c3[c-]c4ccccc4c(C(C)(C)C)c3)cc(-c3ccc4c(CC(C)C)csc4c3)c2o1.[Ir]. The van der Waals surface area contributed by atoms with Crippen LogP contribution in [0.1, 0.15) is 119 Å². The van der Waals surface area contributed by atoms with Crippen molar-refractivity contribution in [1.29, 1.82) is 0 Å². The van der Waals surface area contributed by atoms with Gasteiger partial charge in [0.25, 0.3) is 0 Å². The average Bonchev–Trinajstić information content (AvgIpc) is 3.74. The van der Waals surface area contributed by atoms with Gasteiger partial charge in [0.2, 0.25) is 0 Å². The maximum Gasteiger partial charge on any atom is 0.164 e. The number of aliphatic hydroxyl groups excluding tert-OH is 1. The number of nitrogens with zero attached hydrogens (tertiary/aromatic N) is 1. The fourth-order valence-corrected chi connectivity index (χ4v) is 8.03. The van der Waals surface area contributed by atoms with E-state index in [1.165, 1.54) is 32.7 Å². The molecule has 4 nitrogen and oxygen atoms in total. The number of furan rings is 1. The number of ketones is 1. The first-order valence-electron chi connectivity index (χ1n) is 19.8. The molecule has 6 heteroatoms. The Kier molecular flexibility index (Phi) is 14.2. The molecule has 0 aliphatic rings. The second-order valence-electron chi connectivity index (χ2n) is 17.0. The zero-order valence-electron chi connectivity index (χ0n) is 35.0. The first-order valence-corrected chi connectivity index (χ1v) is 20.7. The number of hydrogen-bond acceptors (Lipinski definition) is 5. The van der Waals surface area contributed by atoms with Crippen molar-refractivity contribution in [3.05, 3.63) is 101 Å². The minimum absolute atomic E-state index is 0. The fourth-order valence-electron chi connectivity index (χ4n) is 7.01. The van der Waals surface area contributed by atoms with Gasteiger partial charge < -0.3 is 9.52 Å². The summed E-state index contributed by atoms with van der Waals surface area (Å²) in [5.74, 6) is 1.80. The largest absolute Gasteiger partial charge is 0.512 e. The number of carbonyl (C=O) groups excluding carboxylic acids is 1. The number of fused-ring (bicyclic) bond motifs is 3. The summed E-state index contributed by atoms with van der Waals surface area (Å²) in [6.45, 7) is 25.4. The number of thiophene rings is 1. The maximum atomic E-state index is 12.2. The Labute approximate surface area is 347 Å². The van der Waals surface area contributed by atoms with E-state index in [0.29, 0.717) is 5.92 Å². The summed E-state index contributed by atoms with van der Waals surface area (Å²) in [6, 6.07) is 25.5. The van der Waals surface area contributed by atoms with Crippen molar-refractivity contribution in [2.45, 2.75) is 121 Å². The molecule has 6 aromatic rings. The number of aryl methyl sites for hydroxylation is 1. The van der Waals surface area contributed by atoms with E-state index < -0.39 is 0 Å². The Balaban J connectivity index is 0.000000320. The Hall–Kier alpha value is -3.57. The van der Waals surface area contributed by atoms with Gasteiger partial charge in [0.1, 0.15) is 17.0 Å². The van der Waals surface area contributed by atoms with Crippen LogP contribution in [0.4, 0.5) is 0 Å². The van der Waals surface area contributed by atoms with Crippen LogP contribution in [0.5, 0.6) is 0 Å². The Morgan fingerprint density at radius 1 is 0.891 bits per heavy atom. The number of pyridine rings is 1. The van der Waals surface area contributed by atoms with Crippen LogP contribution in [0.3, 0.4) is 0 Å². The van der Waals surface area contributed by atoms with Crippen LogP contribution in [0.25, 0.3) is 54.3 Å². The maximum absolute atomic E-state index is 12.2. The molecular weight excluding hydrogens is 875 g/mol. The summed E-state index contributed by atoms with van der Waals surface area (Å²) in [4.78, 5) is 17.2. The molecule has 0 saturated heterocycles. The number of benzene rings is 3. The number of rotatable bonds is 11. The second kappa shape index (κ2) is 17.7. The number of allylic oxidation sites excluding steroid dienone is 2. The minimum atomic E-state index is -0.337. The zero-order valence-corrected chi connectivity index (χ0v) is 38.2. The molecule has 295 valence electrons. The summed E-state index contributed by atoms with van der Waals surface area (Å²) < 4.78 is 7.51. The standard InChI is InChI=1S/C34H32NOS.C15H28O2.Ir/c1-20(2)13-25-19-37-32-17-23(11-12-27(25)32)28-18-30(35-31-14-21(3)36-33(28)31)24-15-22-9-7-8-10-26(22)29(16-24)34(4,5)6;1-7-14(5,8-2)12(16)11-13(17)15(6,9-3)10-4;/h7-12,14,16-20H,13H2,1-6H3;11,16H,7-10H2,1-6H3;/q-1;;/b;12-11-;. The topological polar surface area (TPSA) is 63.3 Å². The van der Waals surface area contributed by atoms with Gasteiger partial charge in [0, 0.05) is 59.0 Å². The van der Waals surface area contributed by atoms with Crippen molar-refractivity contribution in [3.63, 3.8) is 0 Å². The molecule has 0 fully saturated rings. The van der Waals surface area contributed by atoms with Gasteiger partial charge in [-0.25, -0.2) is 0 Å². The third-order valence-corrected chi connectivity index (χ3v) is 12.7. The first-order chi connectivity index (χ1) is 25.5. The van der Waals surface area contributed by atoms with Crippen LogP contribution in [-0.4, -0.2) is 15.9 Å². The zero-order chi connectivity index (χ0) is 39.6. The van der Waals surface area contributed by atoms with Gasteiger partial charge in [-0.3, -0.25) is 9.78 Å². The molecule has 0 aliphatic heterocycles. The molecule has 0 atom stereocenters. The molecule has 3 heterocycles. The molecule has 3 aromatic carbocycles. The summed E-state index contributed by atoms with van der Waals surface area (Å²) in [5, 5.41) is 16.2. The van der Waals surface area contributed by atoms with E-state index in [9.17, 15) is 9.90 Å². The molecule has 0 aliphatic carbocycles. The van der Waals surface area contributed by atoms with E-state index in [2.05, 4.69) is 101 Å². The smallest absolute Gasteiger partial charge is 0.164 e. The molecule has 3 aromatic heterocycles. The van der Waals surface area contributed by atoms with Gasteiger partial charge in [-0.15, -0.1) is 40.5 Å². The molecule has 1 N–H and O–H groups in total. The van der Waals surface area contributed by atoms with Gasteiger partial charge in [-0.2, -0.15) is 0 Å². The molecule has 0 spiro atoms. The summed E-state index contributed by atoms with van der Waals surface area (Å²) in [7, 11) is 0. The predicted molar refractivity (Wildman–Crippen MR) is 232 cm³/mol. The molecular formula is C49H60IrNO3S-. The molecule has 0 unspecified atom stereocenters. The van der Waals surface area contributed by atoms with E-state index >= 15 is 0 Å². The number of hydrogen-bond donors (Lipinski definition) is 1. The molecule has 1 radical (unpaired) electrons. The van der Waals surface area contributed by atoms with Crippen molar-refractivity contribution < 1.29 is 34.4 Å². The first kappa shape index (κ1) is 44.1. The average molecular weight is 935 g/mol. The third-order valence-electron chi connectivity index (χ3n) is 11.7. The van der Waals surface area contributed by atoms with Crippen LogP contribution in [0.15, 0.2) is 82.3 Å². The minimum Gasteiger partial charge on any atom is -0.512 e. The van der Waals surface area contributed by atoms with Crippen molar-refractivity contribution in [3.8, 4) is 22.4 Å². The van der Waals surface area contributed by atoms with Crippen LogP contribution in [0.2, 0.25) is 0 Å². The van der Waals surface area contributed by atoms with Gasteiger partial charge in [-0.05, 0) is 78.3 Å². The Bertz CT molecular complexity index is 2290. The van der Waals surface area contributed by atoms with Crippen molar-refractivity contribution in [2.24, 2.45) is 16.7 Å². The van der Waals surface area contributed by atoms with Crippen LogP contribution in [-0.2, 0) is 36.7 Å². The number of aliphatic hydroxyl groups is 1. The van der Waals surface area contributed by atoms with Gasteiger partial charge in [0.15, 0.2) is 11.4 Å². The van der Waals surface area contributed by atoms with Gasteiger partial charge >= 0.3 is 0 Å². The third kappa shape index (κ3) is 9.53. The Morgan fingerprint density at radius 3 is 2.16 bits per heavy atom. The monoisotopic (exact) mass is 935 g/mol. The molecule has 0 bridgehead atoms. The van der Waals surface area contributed by atoms with E-state index in [0.717, 1.165) is 76.7 Å². The normalized spacial score (nSPS) is 12.6. The van der Waals surface area contributed by atoms with Crippen molar-refractivity contribution >= 4 is 49.1 Å². The van der Waals surface area contributed by atoms with E-state index in [1.54, 1.807) is 0 Å². The number of carbonyl (C=O) groups is 1. The van der Waals surface area contributed by atoms with Gasteiger partial charge in [0.05, 0.1) is 0 Å². The molecule has 0 saturated carbocycles. The summed E-state index contributed by atoms with van der Waals surface area (Å²) in [6.07, 6.45) is 5.86. The van der Waals surface area contributed by atoms with E-state index in [4.69, 9.17) is 9.40 Å². The van der Waals surface area contributed by atoms with Crippen molar-refractivity contribution in [2.75, 3.05) is 0 Å². The van der Waals surface area contributed by atoms with Crippen LogP contribution >= 0.6 is 11.3 Å².